The Hall–Kier alpha value is -3.69. The summed E-state index contributed by atoms with van der Waals surface area (Å²) in [5, 5.41) is 5.02. The van der Waals surface area contributed by atoms with Crippen molar-refractivity contribution >= 4 is 29.8 Å². The van der Waals surface area contributed by atoms with Crippen LogP contribution in [-0.4, -0.2) is 60.5 Å². The van der Waals surface area contributed by atoms with Gasteiger partial charge in [-0.2, -0.15) is 0 Å². The topological polar surface area (TPSA) is 131 Å². The molecule has 170 valence electrons. The third kappa shape index (κ3) is 4.48. The number of unbranched alkanes of at least 4 members (excludes halogenated alkanes) is 1. The summed E-state index contributed by atoms with van der Waals surface area (Å²) in [6.07, 6.45) is 1.52. The average molecular weight is 443 g/mol. The zero-order valence-electron chi connectivity index (χ0n) is 18.1. The van der Waals surface area contributed by atoms with Gasteiger partial charge in [-0.1, -0.05) is 13.3 Å². The third-order valence-electron chi connectivity index (χ3n) is 5.15. The summed E-state index contributed by atoms with van der Waals surface area (Å²) in [4.78, 5) is 62.8. The first-order valence-corrected chi connectivity index (χ1v) is 10.4. The van der Waals surface area contributed by atoms with Gasteiger partial charge in [0.05, 0.1) is 40.6 Å². The standard InChI is InChI=1S/C22H25N3O7/c1-4-6-9-25-18(26)14-8-7-13(10-15(14)19(25)27)20(28)32-11-16-17(21(29)31-5-2)12(3)23-22(30)24-16/h7-8,10,12H,4-6,9,11H2,1-3H3,(H2,23,24,30)/t12-/m1/s1. The molecule has 0 fully saturated rings. The van der Waals surface area contributed by atoms with E-state index in [4.69, 9.17) is 9.47 Å². The number of imide groups is 1. The van der Waals surface area contributed by atoms with Crippen LogP contribution >= 0.6 is 0 Å². The Balaban J connectivity index is 1.77. The first-order valence-electron chi connectivity index (χ1n) is 10.4. The number of esters is 2. The van der Waals surface area contributed by atoms with E-state index in [9.17, 15) is 24.0 Å². The van der Waals surface area contributed by atoms with E-state index in [2.05, 4.69) is 10.6 Å². The molecule has 0 aliphatic carbocycles. The van der Waals surface area contributed by atoms with Gasteiger partial charge in [-0.05, 0) is 38.5 Å². The summed E-state index contributed by atoms with van der Waals surface area (Å²) in [5.74, 6) is -2.22. The van der Waals surface area contributed by atoms with Crippen molar-refractivity contribution in [3.05, 3.63) is 46.2 Å². The Labute approximate surface area is 184 Å². The minimum Gasteiger partial charge on any atom is -0.463 e. The van der Waals surface area contributed by atoms with Gasteiger partial charge >= 0.3 is 18.0 Å². The highest BCUT2D eigenvalue weighted by atomic mass is 16.5. The van der Waals surface area contributed by atoms with Crippen molar-refractivity contribution in [3.63, 3.8) is 0 Å². The van der Waals surface area contributed by atoms with Crippen LogP contribution in [0.25, 0.3) is 0 Å². The van der Waals surface area contributed by atoms with Crippen molar-refractivity contribution in [1.29, 1.82) is 0 Å². The third-order valence-corrected chi connectivity index (χ3v) is 5.15. The van der Waals surface area contributed by atoms with Crippen molar-refractivity contribution in [3.8, 4) is 0 Å². The zero-order chi connectivity index (χ0) is 23.4. The summed E-state index contributed by atoms with van der Waals surface area (Å²) in [6, 6.07) is 2.99. The van der Waals surface area contributed by atoms with Gasteiger partial charge in [0.15, 0.2) is 0 Å². The van der Waals surface area contributed by atoms with Crippen LogP contribution < -0.4 is 10.6 Å². The van der Waals surface area contributed by atoms with E-state index in [1.807, 2.05) is 6.92 Å². The van der Waals surface area contributed by atoms with E-state index in [0.29, 0.717) is 13.0 Å². The van der Waals surface area contributed by atoms with Crippen LogP contribution in [0.1, 0.15) is 64.7 Å². The monoisotopic (exact) mass is 443 g/mol. The first-order chi connectivity index (χ1) is 15.3. The van der Waals surface area contributed by atoms with Gasteiger partial charge in [-0.25, -0.2) is 14.4 Å². The SMILES string of the molecule is CCCCN1C(=O)c2ccc(C(=O)OCC3=C(C(=O)OCC)[C@@H](C)NC(=O)N3)cc2C1=O. The van der Waals surface area contributed by atoms with Gasteiger partial charge in [0.25, 0.3) is 11.8 Å². The fourth-order valence-corrected chi connectivity index (χ4v) is 3.55. The van der Waals surface area contributed by atoms with Crippen LogP contribution in [0.3, 0.4) is 0 Å². The number of hydrogen-bond acceptors (Lipinski definition) is 7. The molecule has 0 spiro atoms. The maximum atomic E-state index is 12.6. The Morgan fingerprint density at radius 3 is 2.44 bits per heavy atom. The fraction of sp³-hybridized carbons (Fsp3) is 0.409. The second-order valence-electron chi connectivity index (χ2n) is 7.38. The molecule has 1 atom stereocenters. The van der Waals surface area contributed by atoms with E-state index in [1.165, 1.54) is 23.1 Å². The number of carbonyl (C=O) groups excluding carboxylic acids is 5. The average Bonchev–Trinajstić information content (AvgIpc) is 2.99. The number of urea groups is 1. The molecule has 10 nitrogen and oxygen atoms in total. The van der Waals surface area contributed by atoms with E-state index < -0.39 is 29.9 Å². The van der Waals surface area contributed by atoms with E-state index in [1.54, 1.807) is 13.8 Å². The van der Waals surface area contributed by atoms with Crippen LogP contribution in [0.15, 0.2) is 29.5 Å². The van der Waals surface area contributed by atoms with Gasteiger partial charge in [0.2, 0.25) is 0 Å². The molecule has 1 aromatic carbocycles. The van der Waals surface area contributed by atoms with Crippen LogP contribution in [-0.2, 0) is 14.3 Å². The van der Waals surface area contributed by atoms with Gasteiger partial charge in [0.1, 0.15) is 6.61 Å². The molecule has 0 saturated heterocycles. The maximum Gasteiger partial charge on any atom is 0.338 e. The number of nitrogens with zero attached hydrogens (tertiary/aromatic N) is 1. The van der Waals surface area contributed by atoms with Crippen molar-refractivity contribution in [1.82, 2.24) is 15.5 Å². The number of rotatable bonds is 8. The molecule has 0 saturated carbocycles. The molecule has 1 aromatic rings. The van der Waals surface area contributed by atoms with Gasteiger partial charge < -0.3 is 20.1 Å². The number of hydrogen-bond donors (Lipinski definition) is 2. The second kappa shape index (κ2) is 9.63. The molecule has 0 radical (unpaired) electrons. The van der Waals surface area contributed by atoms with E-state index >= 15 is 0 Å². The fourth-order valence-electron chi connectivity index (χ4n) is 3.55. The molecule has 0 aromatic heterocycles. The molecule has 2 heterocycles. The second-order valence-corrected chi connectivity index (χ2v) is 7.38. The lowest BCUT2D eigenvalue weighted by Gasteiger charge is -2.26. The smallest absolute Gasteiger partial charge is 0.338 e. The van der Waals surface area contributed by atoms with Gasteiger partial charge in [-0.15, -0.1) is 0 Å². The van der Waals surface area contributed by atoms with Gasteiger partial charge in [-0.3, -0.25) is 14.5 Å². The highest BCUT2D eigenvalue weighted by Crippen LogP contribution is 2.25. The Morgan fingerprint density at radius 2 is 1.75 bits per heavy atom. The lowest BCUT2D eigenvalue weighted by Crippen LogP contribution is -2.50. The summed E-state index contributed by atoms with van der Waals surface area (Å²) in [6.45, 7) is 5.31. The first kappa shape index (κ1) is 23.0. The van der Waals surface area contributed by atoms with Crippen LogP contribution in [0, 0.1) is 0 Å². The summed E-state index contributed by atoms with van der Waals surface area (Å²) < 4.78 is 10.3. The summed E-state index contributed by atoms with van der Waals surface area (Å²) >= 11 is 0. The Morgan fingerprint density at radius 1 is 1.03 bits per heavy atom. The molecule has 32 heavy (non-hydrogen) atoms. The molecule has 0 unspecified atom stereocenters. The van der Waals surface area contributed by atoms with Crippen LogP contribution in [0.4, 0.5) is 4.79 Å². The summed E-state index contributed by atoms with van der Waals surface area (Å²) in [5.41, 5.74) is 0.741. The normalized spacial score (nSPS) is 17.7. The predicted molar refractivity (Wildman–Crippen MR) is 112 cm³/mol. The Kier molecular flexibility index (Phi) is 6.92. The zero-order valence-corrected chi connectivity index (χ0v) is 18.1. The minimum absolute atomic E-state index is 0.0776. The highest BCUT2D eigenvalue weighted by Gasteiger charge is 2.36. The molecule has 3 rings (SSSR count). The van der Waals surface area contributed by atoms with E-state index in [-0.39, 0.29) is 47.1 Å². The van der Waals surface area contributed by atoms with Crippen molar-refractivity contribution in [2.45, 2.75) is 39.7 Å². The lowest BCUT2D eigenvalue weighted by atomic mass is 10.0. The minimum atomic E-state index is -0.767. The molecule has 2 aliphatic rings. The van der Waals surface area contributed by atoms with Crippen molar-refractivity contribution in [2.75, 3.05) is 19.8 Å². The Bertz CT molecular complexity index is 1010. The van der Waals surface area contributed by atoms with Crippen molar-refractivity contribution < 1.29 is 33.4 Å². The van der Waals surface area contributed by atoms with Crippen LogP contribution in [0.2, 0.25) is 0 Å². The molecule has 4 amide bonds. The lowest BCUT2D eigenvalue weighted by molar-refractivity contribution is -0.139. The van der Waals surface area contributed by atoms with Crippen molar-refractivity contribution in [2.24, 2.45) is 0 Å². The highest BCUT2D eigenvalue weighted by molar-refractivity contribution is 6.22. The molecular weight excluding hydrogens is 418 g/mol. The number of amides is 4. The van der Waals surface area contributed by atoms with Gasteiger partial charge in [0, 0.05) is 6.54 Å². The molecule has 0 bridgehead atoms. The molecular formula is C22H25N3O7. The number of ether oxygens (including phenoxy) is 2. The molecule has 2 N–H and O–H groups in total. The largest absolute Gasteiger partial charge is 0.463 e. The maximum absolute atomic E-state index is 12.6. The predicted octanol–water partition coefficient (Wildman–Crippen LogP) is 1.76. The summed E-state index contributed by atoms with van der Waals surface area (Å²) in [7, 11) is 0. The quantitative estimate of drug-likeness (QED) is 0.462. The number of fused-ring (bicyclic) bond motifs is 1. The molecule has 2 aliphatic heterocycles. The number of nitrogens with one attached hydrogen (secondary N) is 2. The van der Waals surface area contributed by atoms with Crippen LogP contribution in [0.5, 0.6) is 0 Å². The number of carbonyl (C=O) groups is 5. The molecule has 10 heteroatoms. The number of benzene rings is 1. The van der Waals surface area contributed by atoms with E-state index in [0.717, 1.165) is 6.42 Å².